The lowest BCUT2D eigenvalue weighted by Crippen LogP contribution is -2.01. The molecule has 0 spiro atoms. The Bertz CT molecular complexity index is 626. The molecule has 21 heavy (non-hydrogen) atoms. The minimum atomic E-state index is 0.506. The van der Waals surface area contributed by atoms with Crippen molar-refractivity contribution in [2.75, 3.05) is 12.5 Å². The van der Waals surface area contributed by atoms with Gasteiger partial charge in [0.15, 0.2) is 0 Å². The average molecular weight is 348 g/mol. The maximum Gasteiger partial charge on any atom is 0.236 e. The highest BCUT2D eigenvalue weighted by Gasteiger charge is 2.14. The van der Waals surface area contributed by atoms with E-state index in [1.165, 1.54) is 0 Å². The topological polar surface area (TPSA) is 27.1 Å². The van der Waals surface area contributed by atoms with Crippen LogP contribution in [-0.2, 0) is 0 Å². The van der Waals surface area contributed by atoms with Crippen LogP contribution in [0.1, 0.15) is 24.1 Å². The quantitative estimate of drug-likeness (QED) is 0.531. The fraction of sp³-hybridized carbons (Fsp3) is 0.400. The fourth-order valence-corrected chi connectivity index (χ4v) is 2.41. The summed E-state index contributed by atoms with van der Waals surface area (Å²) >= 11 is 17.7. The summed E-state index contributed by atoms with van der Waals surface area (Å²) in [6.45, 7) is 4.61. The second-order valence-corrected chi connectivity index (χ2v) is 5.96. The Balaban J connectivity index is 2.22. The summed E-state index contributed by atoms with van der Waals surface area (Å²) in [6.07, 6.45) is 1.86. The van der Waals surface area contributed by atoms with E-state index in [4.69, 9.17) is 39.5 Å². The summed E-state index contributed by atoms with van der Waals surface area (Å²) in [7, 11) is 0. The van der Waals surface area contributed by atoms with E-state index in [2.05, 4.69) is 5.10 Å². The molecule has 0 aliphatic carbocycles. The van der Waals surface area contributed by atoms with E-state index in [0.29, 0.717) is 28.4 Å². The first kappa shape index (κ1) is 16.5. The molecular weight excluding hydrogens is 331 g/mol. The smallest absolute Gasteiger partial charge is 0.236 e. The number of alkyl halides is 1. The van der Waals surface area contributed by atoms with Crippen molar-refractivity contribution < 1.29 is 4.74 Å². The van der Waals surface area contributed by atoms with Crippen LogP contribution in [0, 0.1) is 13.8 Å². The second-order valence-electron chi connectivity index (χ2n) is 4.77. The zero-order valence-corrected chi connectivity index (χ0v) is 14.3. The van der Waals surface area contributed by atoms with Gasteiger partial charge in [-0.1, -0.05) is 23.2 Å². The van der Waals surface area contributed by atoms with Crippen molar-refractivity contribution in [3.8, 4) is 11.6 Å². The number of halogens is 3. The van der Waals surface area contributed by atoms with Crippen molar-refractivity contribution in [3.63, 3.8) is 0 Å². The first-order valence-corrected chi connectivity index (χ1v) is 8.04. The number of hydrogen-bond donors (Lipinski definition) is 0. The predicted octanol–water partition coefficient (Wildman–Crippen LogP) is 5.19. The SMILES string of the molecule is Cc1c(OCCCCCl)nn(-c2ccc(Cl)c(Cl)c2)c1C. The van der Waals surface area contributed by atoms with Gasteiger partial charge in [-0.05, 0) is 44.9 Å². The Morgan fingerprint density at radius 3 is 2.57 bits per heavy atom. The molecule has 3 nitrogen and oxygen atoms in total. The summed E-state index contributed by atoms with van der Waals surface area (Å²) in [4.78, 5) is 0. The molecule has 1 aromatic heterocycles. The number of benzene rings is 1. The van der Waals surface area contributed by atoms with Crippen molar-refractivity contribution in [2.45, 2.75) is 26.7 Å². The van der Waals surface area contributed by atoms with Crippen LogP contribution in [0.5, 0.6) is 5.88 Å². The second kappa shape index (κ2) is 7.39. The molecule has 0 saturated carbocycles. The molecule has 0 saturated heterocycles. The summed E-state index contributed by atoms with van der Waals surface area (Å²) < 4.78 is 7.54. The van der Waals surface area contributed by atoms with E-state index < -0.39 is 0 Å². The Morgan fingerprint density at radius 1 is 1.14 bits per heavy atom. The molecule has 114 valence electrons. The van der Waals surface area contributed by atoms with Crippen LogP contribution in [0.4, 0.5) is 0 Å². The van der Waals surface area contributed by atoms with Crippen LogP contribution in [0.2, 0.25) is 10.0 Å². The van der Waals surface area contributed by atoms with Crippen LogP contribution in [-0.4, -0.2) is 22.3 Å². The van der Waals surface area contributed by atoms with Gasteiger partial charge in [0, 0.05) is 17.1 Å². The standard InChI is InChI=1S/C15H17Cl3N2O/c1-10-11(2)20(12-5-6-13(17)14(18)9-12)19-15(10)21-8-4-3-7-16/h5-6,9H,3-4,7-8H2,1-2H3. The van der Waals surface area contributed by atoms with Crippen molar-refractivity contribution in [2.24, 2.45) is 0 Å². The van der Waals surface area contributed by atoms with Crippen molar-refractivity contribution in [1.29, 1.82) is 0 Å². The van der Waals surface area contributed by atoms with Gasteiger partial charge in [-0.3, -0.25) is 0 Å². The van der Waals surface area contributed by atoms with Gasteiger partial charge in [0.25, 0.3) is 0 Å². The van der Waals surface area contributed by atoms with Gasteiger partial charge in [-0.2, -0.15) is 0 Å². The van der Waals surface area contributed by atoms with E-state index in [0.717, 1.165) is 29.8 Å². The lowest BCUT2D eigenvalue weighted by atomic mass is 10.2. The molecule has 0 aliphatic rings. The van der Waals surface area contributed by atoms with Crippen molar-refractivity contribution >= 4 is 34.8 Å². The third-order valence-electron chi connectivity index (χ3n) is 3.29. The highest BCUT2D eigenvalue weighted by Crippen LogP contribution is 2.28. The third-order valence-corrected chi connectivity index (χ3v) is 4.29. The summed E-state index contributed by atoms with van der Waals surface area (Å²) in [5.41, 5.74) is 2.90. The van der Waals surface area contributed by atoms with Crippen LogP contribution >= 0.6 is 34.8 Å². The molecule has 6 heteroatoms. The highest BCUT2D eigenvalue weighted by atomic mass is 35.5. The minimum absolute atomic E-state index is 0.506. The van der Waals surface area contributed by atoms with Gasteiger partial charge >= 0.3 is 0 Å². The number of rotatable bonds is 6. The van der Waals surface area contributed by atoms with E-state index in [9.17, 15) is 0 Å². The average Bonchev–Trinajstić information content (AvgIpc) is 2.75. The van der Waals surface area contributed by atoms with E-state index in [1.54, 1.807) is 12.1 Å². The molecule has 2 rings (SSSR count). The molecule has 0 radical (unpaired) electrons. The molecule has 0 amide bonds. The molecule has 0 unspecified atom stereocenters. The number of aromatic nitrogens is 2. The Labute approximate surface area is 139 Å². The normalized spacial score (nSPS) is 10.9. The van der Waals surface area contributed by atoms with E-state index in [-0.39, 0.29) is 0 Å². The number of nitrogens with zero attached hydrogens (tertiary/aromatic N) is 2. The molecule has 1 heterocycles. The van der Waals surface area contributed by atoms with E-state index in [1.807, 2.05) is 24.6 Å². The molecular formula is C15H17Cl3N2O. The first-order chi connectivity index (χ1) is 10.0. The van der Waals surface area contributed by atoms with Gasteiger partial charge in [0.2, 0.25) is 5.88 Å². The molecule has 0 bridgehead atoms. The number of hydrogen-bond acceptors (Lipinski definition) is 2. The maximum atomic E-state index is 6.06. The van der Waals surface area contributed by atoms with Crippen molar-refractivity contribution in [1.82, 2.24) is 9.78 Å². The van der Waals surface area contributed by atoms with Crippen LogP contribution in [0.3, 0.4) is 0 Å². The number of unbranched alkanes of at least 4 members (excludes halogenated alkanes) is 1. The lowest BCUT2D eigenvalue weighted by Gasteiger charge is -2.05. The zero-order valence-electron chi connectivity index (χ0n) is 12.0. The first-order valence-electron chi connectivity index (χ1n) is 6.75. The maximum absolute atomic E-state index is 6.06. The van der Waals surface area contributed by atoms with E-state index >= 15 is 0 Å². The van der Waals surface area contributed by atoms with Gasteiger partial charge in [0.05, 0.1) is 22.3 Å². The Kier molecular flexibility index (Phi) is 5.80. The summed E-state index contributed by atoms with van der Waals surface area (Å²) in [6, 6.07) is 5.43. The summed E-state index contributed by atoms with van der Waals surface area (Å²) in [5.74, 6) is 1.30. The monoisotopic (exact) mass is 346 g/mol. The molecule has 0 fully saturated rings. The zero-order chi connectivity index (χ0) is 15.4. The van der Waals surface area contributed by atoms with Gasteiger partial charge in [-0.15, -0.1) is 16.7 Å². The van der Waals surface area contributed by atoms with Crippen molar-refractivity contribution in [3.05, 3.63) is 39.5 Å². The minimum Gasteiger partial charge on any atom is -0.476 e. The lowest BCUT2D eigenvalue weighted by molar-refractivity contribution is 0.294. The Morgan fingerprint density at radius 2 is 1.90 bits per heavy atom. The van der Waals surface area contributed by atoms with Gasteiger partial charge in [-0.25, -0.2) is 4.68 Å². The van der Waals surface area contributed by atoms with Gasteiger partial charge < -0.3 is 4.74 Å². The molecule has 0 atom stereocenters. The highest BCUT2D eigenvalue weighted by molar-refractivity contribution is 6.42. The Hall–Kier alpha value is -0.900. The fourth-order valence-electron chi connectivity index (χ4n) is 1.93. The van der Waals surface area contributed by atoms with Gasteiger partial charge in [0.1, 0.15) is 0 Å². The molecule has 0 aliphatic heterocycles. The number of ether oxygens (including phenoxy) is 1. The van der Waals surface area contributed by atoms with Crippen LogP contribution < -0.4 is 4.74 Å². The predicted molar refractivity (Wildman–Crippen MR) is 88.5 cm³/mol. The van der Waals surface area contributed by atoms with Crippen LogP contribution in [0.25, 0.3) is 5.69 Å². The summed E-state index contributed by atoms with van der Waals surface area (Å²) in [5, 5.41) is 5.54. The largest absolute Gasteiger partial charge is 0.476 e. The molecule has 0 N–H and O–H groups in total. The third kappa shape index (κ3) is 3.85. The van der Waals surface area contributed by atoms with Crippen LogP contribution in [0.15, 0.2) is 18.2 Å². The molecule has 2 aromatic rings. The molecule has 1 aromatic carbocycles.